The van der Waals surface area contributed by atoms with Crippen LogP contribution in [0.2, 0.25) is 5.02 Å². The first kappa shape index (κ1) is 20.2. The van der Waals surface area contributed by atoms with Crippen LogP contribution in [0.15, 0.2) is 36.4 Å². The third-order valence-electron chi connectivity index (χ3n) is 4.86. The molecule has 0 bridgehead atoms. The normalized spacial score (nSPS) is 14.0. The Morgan fingerprint density at radius 3 is 2.61 bits per heavy atom. The Morgan fingerprint density at radius 2 is 1.86 bits per heavy atom. The monoisotopic (exact) mass is 401 g/mol. The predicted molar refractivity (Wildman–Crippen MR) is 109 cm³/mol. The van der Waals surface area contributed by atoms with Crippen molar-refractivity contribution < 1.29 is 19.1 Å². The lowest BCUT2D eigenvalue weighted by Gasteiger charge is -2.17. The lowest BCUT2D eigenvalue weighted by Crippen LogP contribution is -2.30. The molecule has 0 unspecified atom stereocenters. The lowest BCUT2D eigenvalue weighted by atomic mass is 9.90. The first-order valence-electron chi connectivity index (χ1n) is 9.41. The van der Waals surface area contributed by atoms with E-state index in [1.807, 2.05) is 6.07 Å². The number of ether oxygens (including phenoxy) is 2. The second kappa shape index (κ2) is 9.11. The largest absolute Gasteiger partial charge is 0.495 e. The summed E-state index contributed by atoms with van der Waals surface area (Å²) in [6.45, 7) is 1.54. The van der Waals surface area contributed by atoms with E-state index >= 15 is 0 Å². The van der Waals surface area contributed by atoms with Crippen LogP contribution in [0.4, 0.5) is 5.69 Å². The molecule has 0 heterocycles. The maximum atomic E-state index is 12.4. The Kier molecular flexibility index (Phi) is 6.57. The summed E-state index contributed by atoms with van der Waals surface area (Å²) >= 11 is 5.97. The fourth-order valence-corrected chi connectivity index (χ4v) is 3.54. The van der Waals surface area contributed by atoms with Crippen molar-refractivity contribution in [3.63, 3.8) is 0 Å². The third kappa shape index (κ3) is 5.04. The first-order valence-corrected chi connectivity index (χ1v) is 9.78. The average molecular weight is 402 g/mol. The van der Waals surface area contributed by atoms with Gasteiger partial charge >= 0.3 is 5.97 Å². The number of methoxy groups -OCH3 is 1. The lowest BCUT2D eigenvalue weighted by molar-refractivity contribution is -0.152. The van der Waals surface area contributed by atoms with Gasteiger partial charge in [-0.05, 0) is 67.5 Å². The number of carbonyl (C=O) groups excluding carboxylic acids is 2. The second-order valence-corrected chi connectivity index (χ2v) is 7.39. The molecule has 0 spiro atoms. The molecule has 3 rings (SSSR count). The van der Waals surface area contributed by atoms with Crippen LogP contribution < -0.4 is 10.1 Å². The second-order valence-electron chi connectivity index (χ2n) is 6.95. The van der Waals surface area contributed by atoms with Crippen molar-refractivity contribution in [2.45, 2.75) is 45.1 Å². The van der Waals surface area contributed by atoms with Crippen LogP contribution in [0.5, 0.6) is 5.75 Å². The molecule has 1 N–H and O–H groups in total. The summed E-state index contributed by atoms with van der Waals surface area (Å²) < 4.78 is 10.5. The van der Waals surface area contributed by atoms with Crippen molar-refractivity contribution in [3.8, 4) is 5.75 Å². The van der Waals surface area contributed by atoms with Crippen molar-refractivity contribution in [1.82, 2.24) is 0 Å². The molecular weight excluding hydrogens is 378 g/mol. The highest BCUT2D eigenvalue weighted by atomic mass is 35.5. The summed E-state index contributed by atoms with van der Waals surface area (Å²) in [7, 11) is 1.50. The smallest absolute Gasteiger partial charge is 0.311 e. The quantitative estimate of drug-likeness (QED) is 0.731. The predicted octanol–water partition coefficient (Wildman–Crippen LogP) is 4.34. The summed E-state index contributed by atoms with van der Waals surface area (Å²) in [5.41, 5.74) is 4.02. The van der Waals surface area contributed by atoms with Crippen LogP contribution in [-0.2, 0) is 33.6 Å². The molecule has 28 heavy (non-hydrogen) atoms. The number of carbonyl (C=O) groups is 2. The van der Waals surface area contributed by atoms with Gasteiger partial charge in [0.25, 0.3) is 5.91 Å². The molecule has 6 heteroatoms. The van der Waals surface area contributed by atoms with Crippen LogP contribution in [0.1, 0.15) is 36.5 Å². The van der Waals surface area contributed by atoms with Crippen molar-refractivity contribution in [1.29, 1.82) is 0 Å². The Bertz CT molecular complexity index is 881. The molecule has 2 aromatic carbocycles. The van der Waals surface area contributed by atoms with E-state index in [1.165, 1.54) is 38.0 Å². The van der Waals surface area contributed by atoms with Crippen LogP contribution in [-0.4, -0.2) is 25.1 Å². The van der Waals surface area contributed by atoms with Crippen molar-refractivity contribution >= 4 is 29.2 Å². The number of benzene rings is 2. The zero-order valence-corrected chi connectivity index (χ0v) is 16.8. The minimum atomic E-state index is -0.936. The summed E-state index contributed by atoms with van der Waals surface area (Å²) in [6.07, 6.45) is 3.77. The Hall–Kier alpha value is -2.53. The number of hydrogen-bond acceptors (Lipinski definition) is 4. The molecule has 148 valence electrons. The van der Waals surface area contributed by atoms with E-state index < -0.39 is 18.0 Å². The van der Waals surface area contributed by atoms with Gasteiger partial charge in [0.1, 0.15) is 5.75 Å². The highest BCUT2D eigenvalue weighted by Crippen LogP contribution is 2.28. The summed E-state index contributed by atoms with van der Waals surface area (Å²) in [6, 6.07) is 11.0. The molecule has 5 nitrogen and oxygen atoms in total. The molecule has 1 aliphatic rings. The summed E-state index contributed by atoms with van der Waals surface area (Å²) in [5, 5.41) is 3.15. The number of rotatable bonds is 6. The molecule has 0 fully saturated rings. The highest BCUT2D eigenvalue weighted by molar-refractivity contribution is 6.31. The van der Waals surface area contributed by atoms with E-state index in [0.717, 1.165) is 18.4 Å². The van der Waals surface area contributed by atoms with Gasteiger partial charge in [0.05, 0.1) is 19.2 Å². The number of nitrogens with one attached hydrogen (secondary N) is 1. The Morgan fingerprint density at radius 1 is 1.11 bits per heavy atom. The highest BCUT2D eigenvalue weighted by Gasteiger charge is 2.20. The van der Waals surface area contributed by atoms with E-state index in [2.05, 4.69) is 17.4 Å². The minimum absolute atomic E-state index is 0.144. The molecule has 0 aliphatic heterocycles. The molecule has 1 aliphatic carbocycles. The van der Waals surface area contributed by atoms with Gasteiger partial charge in [-0.15, -0.1) is 0 Å². The molecule has 1 amide bonds. The van der Waals surface area contributed by atoms with E-state index in [1.54, 1.807) is 18.2 Å². The topological polar surface area (TPSA) is 64.6 Å². The Balaban J connectivity index is 1.58. The summed E-state index contributed by atoms with van der Waals surface area (Å²) in [4.78, 5) is 24.7. The fourth-order valence-electron chi connectivity index (χ4n) is 3.37. The van der Waals surface area contributed by atoms with Crippen LogP contribution in [0.25, 0.3) is 0 Å². The SMILES string of the molecule is COc1ccc(Cl)cc1NC(=O)[C@@H](C)OC(=O)Cc1ccc2c(c1)CCCC2. The van der Waals surface area contributed by atoms with Crippen LogP contribution >= 0.6 is 11.6 Å². The first-order chi connectivity index (χ1) is 13.5. The van der Waals surface area contributed by atoms with Gasteiger partial charge in [-0.1, -0.05) is 29.8 Å². The van der Waals surface area contributed by atoms with Gasteiger partial charge in [-0.3, -0.25) is 9.59 Å². The van der Waals surface area contributed by atoms with Crippen molar-refractivity contribution in [2.24, 2.45) is 0 Å². The molecule has 0 aromatic heterocycles. The molecule has 2 aromatic rings. The third-order valence-corrected chi connectivity index (χ3v) is 5.09. The molecule has 0 radical (unpaired) electrons. The maximum Gasteiger partial charge on any atom is 0.311 e. The molecule has 1 atom stereocenters. The van der Waals surface area contributed by atoms with Gasteiger partial charge in [-0.25, -0.2) is 0 Å². The number of anilines is 1. The number of hydrogen-bond donors (Lipinski definition) is 1. The fraction of sp³-hybridized carbons (Fsp3) is 0.364. The standard InChI is InChI=1S/C22H24ClNO4/c1-14(22(26)24-19-13-18(23)9-10-20(19)27-2)28-21(25)12-15-7-8-16-5-3-4-6-17(16)11-15/h7-11,13-14H,3-6,12H2,1-2H3,(H,24,26)/t14-/m1/s1. The zero-order chi connectivity index (χ0) is 20.1. The maximum absolute atomic E-state index is 12.4. The van der Waals surface area contributed by atoms with Gasteiger partial charge < -0.3 is 14.8 Å². The van der Waals surface area contributed by atoms with Gasteiger partial charge in [0.15, 0.2) is 6.10 Å². The number of aryl methyl sites for hydroxylation is 2. The minimum Gasteiger partial charge on any atom is -0.495 e. The van der Waals surface area contributed by atoms with Crippen LogP contribution in [0, 0.1) is 0 Å². The number of amides is 1. The van der Waals surface area contributed by atoms with Gasteiger partial charge in [0.2, 0.25) is 0 Å². The van der Waals surface area contributed by atoms with E-state index in [9.17, 15) is 9.59 Å². The zero-order valence-electron chi connectivity index (χ0n) is 16.1. The molecule has 0 saturated carbocycles. The number of fused-ring (bicyclic) bond motifs is 1. The van der Waals surface area contributed by atoms with Gasteiger partial charge in [-0.2, -0.15) is 0 Å². The van der Waals surface area contributed by atoms with Crippen LogP contribution in [0.3, 0.4) is 0 Å². The molecule has 0 saturated heterocycles. The number of esters is 1. The van der Waals surface area contributed by atoms with E-state index in [0.29, 0.717) is 16.5 Å². The summed E-state index contributed by atoms with van der Waals surface area (Å²) in [5.74, 6) is -0.402. The number of halogens is 1. The van der Waals surface area contributed by atoms with Crippen molar-refractivity contribution in [2.75, 3.05) is 12.4 Å². The van der Waals surface area contributed by atoms with E-state index in [4.69, 9.17) is 21.1 Å². The van der Waals surface area contributed by atoms with Crippen molar-refractivity contribution in [3.05, 3.63) is 58.1 Å². The molecular formula is C22H24ClNO4. The van der Waals surface area contributed by atoms with Gasteiger partial charge in [0, 0.05) is 5.02 Å². The Labute approximate surface area is 170 Å². The van der Waals surface area contributed by atoms with E-state index in [-0.39, 0.29) is 6.42 Å². The average Bonchev–Trinajstić information content (AvgIpc) is 2.68.